The van der Waals surface area contributed by atoms with Gasteiger partial charge in [-0.25, -0.2) is 4.79 Å². The molecule has 7 nitrogen and oxygen atoms in total. The lowest BCUT2D eigenvalue weighted by Gasteiger charge is -2.22. The summed E-state index contributed by atoms with van der Waals surface area (Å²) in [5.41, 5.74) is 0.954. The maximum absolute atomic E-state index is 12.1. The predicted octanol–water partition coefficient (Wildman–Crippen LogP) is 3.58. The van der Waals surface area contributed by atoms with E-state index in [4.69, 9.17) is 11.6 Å². The van der Waals surface area contributed by atoms with Crippen LogP contribution in [0.4, 0.5) is 10.5 Å². The van der Waals surface area contributed by atoms with Crippen LogP contribution in [0.25, 0.3) is 0 Å². The lowest BCUT2D eigenvalue weighted by molar-refractivity contribution is -0.116. The molecule has 29 heavy (non-hydrogen) atoms. The molecule has 0 aromatic heterocycles. The molecule has 2 fully saturated rings. The van der Waals surface area contributed by atoms with Gasteiger partial charge in [0.05, 0.1) is 10.6 Å². The Balaban J connectivity index is 1.34. The van der Waals surface area contributed by atoms with Crippen LogP contribution in [0.15, 0.2) is 18.2 Å². The van der Waals surface area contributed by atoms with Crippen molar-refractivity contribution in [3.8, 4) is 0 Å². The highest BCUT2D eigenvalue weighted by Crippen LogP contribution is 2.24. The van der Waals surface area contributed by atoms with Crippen molar-refractivity contribution in [2.45, 2.75) is 69.9 Å². The Morgan fingerprint density at radius 2 is 1.69 bits per heavy atom. The van der Waals surface area contributed by atoms with Crippen LogP contribution < -0.4 is 21.3 Å². The second-order valence-electron chi connectivity index (χ2n) is 7.83. The van der Waals surface area contributed by atoms with E-state index in [9.17, 15) is 14.4 Å². The van der Waals surface area contributed by atoms with E-state index >= 15 is 0 Å². The number of benzene rings is 1. The number of halogens is 1. The summed E-state index contributed by atoms with van der Waals surface area (Å²) in [6.07, 6.45) is 8.51. The molecule has 0 spiro atoms. The molecule has 0 heterocycles. The second-order valence-corrected chi connectivity index (χ2v) is 8.24. The molecule has 1 aromatic rings. The summed E-state index contributed by atoms with van der Waals surface area (Å²) in [5, 5.41) is 11.8. The standard InChI is InChI=1S/C21H29ClN4O3/c22-18-13-16(10-11-17(18)20(28)25-15-8-9-15)24-19(27)7-4-12-23-21(29)26-14-5-2-1-3-6-14/h10-11,13-15H,1-9,12H2,(H,24,27)(H,25,28)(H2,23,26,29). The molecule has 8 heteroatoms. The Kier molecular flexibility index (Phi) is 7.75. The predicted molar refractivity (Wildman–Crippen MR) is 113 cm³/mol. The fourth-order valence-electron chi connectivity index (χ4n) is 3.43. The number of carbonyl (C=O) groups excluding carboxylic acids is 3. The Morgan fingerprint density at radius 3 is 2.38 bits per heavy atom. The number of rotatable bonds is 8. The summed E-state index contributed by atoms with van der Waals surface area (Å²) in [5.74, 6) is -0.348. The van der Waals surface area contributed by atoms with Gasteiger partial charge >= 0.3 is 6.03 Å². The lowest BCUT2D eigenvalue weighted by atomic mass is 9.96. The van der Waals surface area contributed by atoms with Gasteiger partial charge in [0.15, 0.2) is 0 Å². The first-order valence-corrected chi connectivity index (χ1v) is 10.8. The van der Waals surface area contributed by atoms with Gasteiger partial charge in [0.25, 0.3) is 5.91 Å². The minimum Gasteiger partial charge on any atom is -0.349 e. The van der Waals surface area contributed by atoms with Crippen LogP contribution in [0.3, 0.4) is 0 Å². The number of nitrogens with one attached hydrogen (secondary N) is 4. The summed E-state index contributed by atoms with van der Waals surface area (Å²) in [4.78, 5) is 36.1. The van der Waals surface area contributed by atoms with Gasteiger partial charge in [-0.1, -0.05) is 30.9 Å². The number of hydrogen-bond donors (Lipinski definition) is 4. The van der Waals surface area contributed by atoms with Crippen molar-refractivity contribution in [3.63, 3.8) is 0 Å². The molecule has 4 amide bonds. The number of carbonyl (C=O) groups is 3. The summed E-state index contributed by atoms with van der Waals surface area (Å²) in [6, 6.07) is 5.23. The van der Waals surface area contributed by atoms with Crippen LogP contribution in [0.2, 0.25) is 5.02 Å². The molecule has 1 aromatic carbocycles. The quantitative estimate of drug-likeness (QED) is 0.483. The minimum atomic E-state index is -0.187. The minimum absolute atomic E-state index is 0.161. The van der Waals surface area contributed by atoms with Gasteiger partial charge in [0.1, 0.15) is 0 Å². The first-order valence-electron chi connectivity index (χ1n) is 10.5. The van der Waals surface area contributed by atoms with Crippen molar-refractivity contribution in [3.05, 3.63) is 28.8 Å². The fourth-order valence-corrected chi connectivity index (χ4v) is 3.69. The Hall–Kier alpha value is -2.28. The zero-order valence-electron chi connectivity index (χ0n) is 16.6. The molecule has 0 aliphatic heterocycles. The number of anilines is 1. The normalized spacial score (nSPS) is 16.7. The molecule has 0 atom stereocenters. The van der Waals surface area contributed by atoms with Crippen molar-refractivity contribution < 1.29 is 14.4 Å². The monoisotopic (exact) mass is 420 g/mol. The Morgan fingerprint density at radius 1 is 0.966 bits per heavy atom. The lowest BCUT2D eigenvalue weighted by Crippen LogP contribution is -2.43. The van der Waals surface area contributed by atoms with E-state index in [-0.39, 0.29) is 36.3 Å². The largest absolute Gasteiger partial charge is 0.349 e. The topological polar surface area (TPSA) is 99.3 Å². The first kappa shape index (κ1) is 21.4. The van der Waals surface area contributed by atoms with E-state index in [0.29, 0.717) is 29.2 Å². The third-order valence-corrected chi connectivity index (χ3v) is 5.53. The van der Waals surface area contributed by atoms with Crippen molar-refractivity contribution in [2.24, 2.45) is 0 Å². The number of amides is 4. The molecule has 2 aliphatic rings. The van der Waals surface area contributed by atoms with E-state index in [1.54, 1.807) is 18.2 Å². The summed E-state index contributed by atoms with van der Waals surface area (Å²) < 4.78 is 0. The zero-order chi connectivity index (χ0) is 20.6. The first-order chi connectivity index (χ1) is 14.0. The van der Waals surface area contributed by atoms with E-state index in [2.05, 4.69) is 21.3 Å². The molecule has 3 rings (SSSR count). The zero-order valence-corrected chi connectivity index (χ0v) is 17.3. The molecule has 4 N–H and O–H groups in total. The Labute approximate surface area is 176 Å². The molecule has 0 radical (unpaired) electrons. The smallest absolute Gasteiger partial charge is 0.315 e. The van der Waals surface area contributed by atoms with Crippen LogP contribution in [0, 0.1) is 0 Å². The second kappa shape index (κ2) is 10.5. The maximum atomic E-state index is 12.1. The highest BCUT2D eigenvalue weighted by atomic mass is 35.5. The third-order valence-electron chi connectivity index (χ3n) is 5.22. The molecule has 0 bridgehead atoms. The maximum Gasteiger partial charge on any atom is 0.315 e. The van der Waals surface area contributed by atoms with E-state index in [1.165, 1.54) is 19.3 Å². The molecule has 0 saturated heterocycles. The molecule has 2 saturated carbocycles. The van der Waals surface area contributed by atoms with Gasteiger partial charge < -0.3 is 21.3 Å². The molecule has 2 aliphatic carbocycles. The van der Waals surface area contributed by atoms with Crippen molar-refractivity contribution in [1.82, 2.24) is 16.0 Å². The molecule has 0 unspecified atom stereocenters. The highest BCUT2D eigenvalue weighted by Gasteiger charge is 2.24. The van der Waals surface area contributed by atoms with Gasteiger partial charge in [0, 0.05) is 30.7 Å². The van der Waals surface area contributed by atoms with Gasteiger partial charge in [-0.05, 0) is 50.3 Å². The molecular weight excluding hydrogens is 392 g/mol. The third kappa shape index (κ3) is 7.24. The molecular formula is C21H29ClN4O3. The van der Waals surface area contributed by atoms with Crippen LogP contribution in [0.1, 0.15) is 68.1 Å². The van der Waals surface area contributed by atoms with Gasteiger partial charge in [-0.3, -0.25) is 9.59 Å². The van der Waals surface area contributed by atoms with Crippen LogP contribution in [0.5, 0.6) is 0 Å². The van der Waals surface area contributed by atoms with Gasteiger partial charge in [-0.15, -0.1) is 0 Å². The van der Waals surface area contributed by atoms with Crippen LogP contribution in [-0.2, 0) is 4.79 Å². The average Bonchev–Trinajstić information content (AvgIpc) is 3.50. The van der Waals surface area contributed by atoms with Crippen molar-refractivity contribution >= 4 is 35.1 Å². The highest BCUT2D eigenvalue weighted by molar-refractivity contribution is 6.34. The Bertz CT molecular complexity index is 745. The molecule has 158 valence electrons. The van der Waals surface area contributed by atoms with Gasteiger partial charge in [0.2, 0.25) is 5.91 Å². The number of hydrogen-bond acceptors (Lipinski definition) is 3. The summed E-state index contributed by atoms with van der Waals surface area (Å²) >= 11 is 6.19. The van der Waals surface area contributed by atoms with Gasteiger partial charge in [-0.2, -0.15) is 0 Å². The van der Waals surface area contributed by atoms with E-state index in [1.807, 2.05) is 0 Å². The van der Waals surface area contributed by atoms with E-state index < -0.39 is 0 Å². The average molecular weight is 421 g/mol. The van der Waals surface area contributed by atoms with Crippen LogP contribution in [-0.4, -0.2) is 36.5 Å². The summed E-state index contributed by atoms with van der Waals surface area (Å²) in [7, 11) is 0. The van der Waals surface area contributed by atoms with E-state index in [0.717, 1.165) is 25.7 Å². The van der Waals surface area contributed by atoms with Crippen molar-refractivity contribution in [1.29, 1.82) is 0 Å². The SMILES string of the molecule is O=C(CCCNC(=O)NC1CCCCC1)Nc1ccc(C(=O)NC2CC2)c(Cl)c1. The fraction of sp³-hybridized carbons (Fsp3) is 0.571. The number of urea groups is 1. The van der Waals surface area contributed by atoms with Crippen LogP contribution >= 0.6 is 11.6 Å². The van der Waals surface area contributed by atoms with Crippen molar-refractivity contribution in [2.75, 3.05) is 11.9 Å². The summed E-state index contributed by atoms with van der Waals surface area (Å²) in [6.45, 7) is 0.438.